The van der Waals surface area contributed by atoms with E-state index in [0.29, 0.717) is 23.6 Å². The van der Waals surface area contributed by atoms with E-state index in [9.17, 15) is 4.79 Å². The number of methoxy groups -OCH3 is 2. The number of hydrogen-bond donors (Lipinski definition) is 0. The number of fused-ring (bicyclic) bond motifs is 1. The smallest absolute Gasteiger partial charge is 0.254 e. The molecule has 0 spiro atoms. The summed E-state index contributed by atoms with van der Waals surface area (Å²) < 4.78 is 12.7. The maximum absolute atomic E-state index is 13.6. The highest BCUT2D eigenvalue weighted by atomic mass is 16.5. The molecule has 1 aromatic heterocycles. The summed E-state index contributed by atoms with van der Waals surface area (Å²) >= 11 is 0. The van der Waals surface area contributed by atoms with E-state index in [1.54, 1.807) is 32.4 Å². The van der Waals surface area contributed by atoms with Crippen LogP contribution < -0.4 is 9.47 Å². The lowest BCUT2D eigenvalue weighted by molar-refractivity contribution is 0.0660. The first-order valence-corrected chi connectivity index (χ1v) is 10.2. The molecule has 0 saturated heterocycles. The zero-order valence-electron chi connectivity index (χ0n) is 17.0. The van der Waals surface area contributed by atoms with Crippen molar-refractivity contribution < 1.29 is 14.3 Å². The first-order valence-electron chi connectivity index (χ1n) is 10.2. The zero-order chi connectivity index (χ0) is 19.7. The van der Waals surface area contributed by atoms with E-state index in [4.69, 9.17) is 14.6 Å². The summed E-state index contributed by atoms with van der Waals surface area (Å²) in [7, 11) is 5.23. The van der Waals surface area contributed by atoms with Gasteiger partial charge in [-0.05, 0) is 49.8 Å². The van der Waals surface area contributed by atoms with E-state index >= 15 is 0 Å². The summed E-state index contributed by atoms with van der Waals surface area (Å²) in [5.74, 6) is 1.29. The van der Waals surface area contributed by atoms with Crippen LogP contribution in [0.3, 0.4) is 0 Å². The van der Waals surface area contributed by atoms with Gasteiger partial charge >= 0.3 is 0 Å². The van der Waals surface area contributed by atoms with Crippen LogP contribution >= 0.6 is 0 Å². The predicted molar refractivity (Wildman–Crippen MR) is 107 cm³/mol. The topological polar surface area (TPSA) is 56.6 Å². The highest BCUT2D eigenvalue weighted by Crippen LogP contribution is 2.31. The lowest BCUT2D eigenvalue weighted by Gasteiger charge is -2.29. The molecule has 0 bridgehead atoms. The minimum atomic E-state index is 0.0292. The third-order valence-electron chi connectivity index (χ3n) is 6.14. The highest BCUT2D eigenvalue weighted by molar-refractivity contribution is 5.95. The van der Waals surface area contributed by atoms with Gasteiger partial charge in [-0.15, -0.1) is 0 Å². The SMILES string of the molecule is COc1cc(OC)cc(C(=O)N(Cc2nn(C)c3c2CCC3)C2CCCC2)c1. The number of hydrogen-bond acceptors (Lipinski definition) is 4. The summed E-state index contributed by atoms with van der Waals surface area (Å²) in [5.41, 5.74) is 4.35. The zero-order valence-corrected chi connectivity index (χ0v) is 17.0. The van der Waals surface area contributed by atoms with Gasteiger partial charge in [-0.1, -0.05) is 12.8 Å². The van der Waals surface area contributed by atoms with Gasteiger partial charge in [-0.3, -0.25) is 9.48 Å². The van der Waals surface area contributed by atoms with E-state index < -0.39 is 0 Å². The molecule has 4 rings (SSSR count). The second kappa shape index (κ2) is 7.86. The lowest BCUT2D eigenvalue weighted by Crippen LogP contribution is -2.38. The Morgan fingerprint density at radius 1 is 1.11 bits per heavy atom. The standard InChI is InChI=1S/C22H29N3O3/c1-24-21-10-6-9-19(21)20(23-24)14-25(16-7-4-5-8-16)22(26)15-11-17(27-2)13-18(12-15)28-3/h11-13,16H,4-10,14H2,1-3H3. The number of aryl methyl sites for hydroxylation is 1. The summed E-state index contributed by atoms with van der Waals surface area (Å²) in [5, 5.41) is 4.76. The molecule has 0 aliphatic heterocycles. The summed E-state index contributed by atoms with van der Waals surface area (Å²) in [6, 6.07) is 5.66. The Bertz CT molecular complexity index is 846. The van der Waals surface area contributed by atoms with Gasteiger partial charge in [0.25, 0.3) is 5.91 Å². The van der Waals surface area contributed by atoms with Crippen molar-refractivity contribution in [1.29, 1.82) is 0 Å². The minimum absolute atomic E-state index is 0.0292. The first kappa shape index (κ1) is 18.8. The molecule has 28 heavy (non-hydrogen) atoms. The van der Waals surface area contributed by atoms with E-state index in [1.165, 1.54) is 30.5 Å². The first-order chi connectivity index (χ1) is 13.6. The van der Waals surface area contributed by atoms with Gasteiger partial charge in [0.2, 0.25) is 0 Å². The number of aromatic nitrogens is 2. The van der Waals surface area contributed by atoms with Crippen molar-refractivity contribution >= 4 is 5.91 Å². The van der Waals surface area contributed by atoms with Crippen molar-refractivity contribution in [2.45, 2.75) is 57.5 Å². The quantitative estimate of drug-likeness (QED) is 0.766. The minimum Gasteiger partial charge on any atom is -0.497 e. The molecular formula is C22H29N3O3. The van der Waals surface area contributed by atoms with Gasteiger partial charge in [0.15, 0.2) is 0 Å². The van der Waals surface area contributed by atoms with Crippen molar-refractivity contribution in [3.05, 3.63) is 40.7 Å². The Hall–Kier alpha value is -2.50. The fourth-order valence-corrected chi connectivity index (χ4v) is 4.67. The maximum atomic E-state index is 13.6. The number of rotatable bonds is 6. The number of amides is 1. The van der Waals surface area contributed by atoms with Crippen LogP contribution in [0.1, 0.15) is 59.4 Å². The van der Waals surface area contributed by atoms with E-state index in [2.05, 4.69) is 0 Å². The fourth-order valence-electron chi connectivity index (χ4n) is 4.67. The monoisotopic (exact) mass is 383 g/mol. The third-order valence-corrected chi connectivity index (χ3v) is 6.14. The van der Waals surface area contributed by atoms with Crippen LogP contribution in [0.4, 0.5) is 0 Å². The van der Waals surface area contributed by atoms with Crippen LogP contribution in [0.15, 0.2) is 18.2 Å². The molecule has 6 heteroatoms. The maximum Gasteiger partial charge on any atom is 0.254 e. The van der Waals surface area contributed by atoms with Gasteiger partial charge < -0.3 is 14.4 Å². The van der Waals surface area contributed by atoms with Crippen LogP contribution in [0.2, 0.25) is 0 Å². The molecular weight excluding hydrogens is 354 g/mol. The summed E-state index contributed by atoms with van der Waals surface area (Å²) in [6.45, 7) is 0.576. The Labute approximate surface area is 166 Å². The second-order valence-electron chi connectivity index (χ2n) is 7.82. The van der Waals surface area contributed by atoms with Gasteiger partial charge in [0, 0.05) is 30.4 Å². The number of ether oxygens (including phenoxy) is 2. The van der Waals surface area contributed by atoms with E-state index in [-0.39, 0.29) is 11.9 Å². The van der Waals surface area contributed by atoms with Crippen molar-refractivity contribution in [2.75, 3.05) is 14.2 Å². The average molecular weight is 383 g/mol. The van der Waals surface area contributed by atoms with E-state index in [1.807, 2.05) is 16.6 Å². The van der Waals surface area contributed by atoms with Crippen LogP contribution in [-0.2, 0) is 26.4 Å². The van der Waals surface area contributed by atoms with Gasteiger partial charge in [-0.25, -0.2) is 0 Å². The van der Waals surface area contributed by atoms with E-state index in [0.717, 1.165) is 31.4 Å². The molecule has 1 heterocycles. The molecule has 2 aliphatic carbocycles. The molecule has 150 valence electrons. The molecule has 1 amide bonds. The van der Waals surface area contributed by atoms with Crippen molar-refractivity contribution in [3.8, 4) is 11.5 Å². The Morgan fingerprint density at radius 3 is 2.43 bits per heavy atom. The molecule has 0 unspecified atom stereocenters. The molecule has 1 fully saturated rings. The lowest BCUT2D eigenvalue weighted by atomic mass is 10.1. The largest absolute Gasteiger partial charge is 0.497 e. The Kier molecular flexibility index (Phi) is 5.29. The number of carbonyl (C=O) groups excluding carboxylic acids is 1. The number of nitrogens with zero attached hydrogens (tertiary/aromatic N) is 3. The molecule has 2 aromatic rings. The third kappa shape index (κ3) is 3.48. The van der Waals surface area contributed by atoms with Crippen LogP contribution in [0, 0.1) is 0 Å². The predicted octanol–water partition coefficient (Wildman–Crippen LogP) is 3.51. The molecule has 0 N–H and O–H groups in total. The van der Waals surface area contributed by atoms with Crippen molar-refractivity contribution in [1.82, 2.24) is 14.7 Å². The van der Waals surface area contributed by atoms with Crippen molar-refractivity contribution in [2.24, 2.45) is 7.05 Å². The normalized spacial score (nSPS) is 16.2. The fraction of sp³-hybridized carbons (Fsp3) is 0.545. The second-order valence-corrected chi connectivity index (χ2v) is 7.82. The van der Waals surface area contributed by atoms with Crippen LogP contribution in [0.5, 0.6) is 11.5 Å². The summed E-state index contributed by atoms with van der Waals surface area (Å²) in [6.07, 6.45) is 7.80. The Balaban J connectivity index is 1.67. The molecule has 0 radical (unpaired) electrons. The average Bonchev–Trinajstić information content (AvgIpc) is 3.45. The number of carbonyl (C=O) groups is 1. The number of benzene rings is 1. The Morgan fingerprint density at radius 2 is 1.79 bits per heavy atom. The molecule has 6 nitrogen and oxygen atoms in total. The molecule has 1 aromatic carbocycles. The van der Waals surface area contributed by atoms with Gasteiger partial charge in [0.05, 0.1) is 26.5 Å². The molecule has 1 saturated carbocycles. The summed E-state index contributed by atoms with van der Waals surface area (Å²) in [4.78, 5) is 15.6. The van der Waals surface area contributed by atoms with Gasteiger partial charge in [-0.2, -0.15) is 5.10 Å². The molecule has 2 aliphatic rings. The van der Waals surface area contributed by atoms with Crippen LogP contribution in [-0.4, -0.2) is 40.8 Å². The van der Waals surface area contributed by atoms with Gasteiger partial charge in [0.1, 0.15) is 11.5 Å². The molecule has 0 atom stereocenters. The van der Waals surface area contributed by atoms with Crippen molar-refractivity contribution in [3.63, 3.8) is 0 Å². The highest BCUT2D eigenvalue weighted by Gasteiger charge is 2.31. The van der Waals surface area contributed by atoms with Crippen LogP contribution in [0.25, 0.3) is 0 Å².